The van der Waals surface area contributed by atoms with Gasteiger partial charge in [0.05, 0.1) is 6.10 Å². The number of thiophene rings is 1. The van der Waals surface area contributed by atoms with Crippen LogP contribution in [0.2, 0.25) is 0 Å². The van der Waals surface area contributed by atoms with Gasteiger partial charge in [0.25, 0.3) is 0 Å². The summed E-state index contributed by atoms with van der Waals surface area (Å²) in [4.78, 5) is 20.6. The van der Waals surface area contributed by atoms with Gasteiger partial charge in [0, 0.05) is 50.6 Å². The van der Waals surface area contributed by atoms with E-state index in [4.69, 9.17) is 4.74 Å². The summed E-state index contributed by atoms with van der Waals surface area (Å²) in [7, 11) is 0. The number of hydrogen-bond donors (Lipinski definition) is 2. The normalized spacial score (nSPS) is 17.2. The highest BCUT2D eigenvalue weighted by Gasteiger charge is 2.21. The van der Waals surface area contributed by atoms with Crippen LogP contribution in [0.5, 0.6) is 0 Å². The lowest BCUT2D eigenvalue weighted by Gasteiger charge is -2.27. The van der Waals surface area contributed by atoms with Gasteiger partial charge in [-0.3, -0.25) is 9.79 Å². The Morgan fingerprint density at radius 3 is 2.93 bits per heavy atom. The van der Waals surface area contributed by atoms with Crippen LogP contribution in [-0.2, 0) is 22.5 Å². The lowest BCUT2D eigenvalue weighted by atomic mass is 9.98. The molecule has 8 heteroatoms. The Morgan fingerprint density at radius 2 is 2.13 bits per heavy atom. The molecule has 0 aromatic carbocycles. The number of aliphatic imine (C=N–C) groups is 1. The van der Waals surface area contributed by atoms with Crippen molar-refractivity contribution in [2.24, 2.45) is 4.99 Å². The second kappa shape index (κ2) is 14.2. The summed E-state index contributed by atoms with van der Waals surface area (Å²) in [5, 5.41) is 8.68. The number of guanidine groups is 1. The predicted octanol–water partition coefficient (Wildman–Crippen LogP) is 3.94. The predicted molar refractivity (Wildman–Crippen MR) is 135 cm³/mol. The standard InChI is InChI=1S/C22H36N4O2S.HI/c1-2-23-22(24-12-6-15-28-19-7-4-3-5-8-19)25-13-9-21(27)26-14-10-20-18(17-26)11-16-29-20;/h11,16,19H,2-10,12-15,17H2,1H3,(H2,23,24,25);1H. The Labute approximate surface area is 202 Å². The molecule has 1 fully saturated rings. The van der Waals surface area contributed by atoms with Gasteiger partial charge >= 0.3 is 0 Å². The smallest absolute Gasteiger partial charge is 0.224 e. The first kappa shape index (κ1) is 25.4. The van der Waals surface area contributed by atoms with Crippen molar-refractivity contribution in [3.63, 3.8) is 0 Å². The largest absolute Gasteiger partial charge is 0.378 e. The van der Waals surface area contributed by atoms with Gasteiger partial charge in [-0.05, 0) is 49.6 Å². The number of hydrogen-bond acceptors (Lipinski definition) is 4. The molecule has 2 N–H and O–H groups in total. The van der Waals surface area contributed by atoms with Crippen LogP contribution in [0.25, 0.3) is 0 Å². The topological polar surface area (TPSA) is 66.0 Å². The minimum atomic E-state index is 0. The lowest BCUT2D eigenvalue weighted by molar-refractivity contribution is -0.131. The van der Waals surface area contributed by atoms with E-state index in [2.05, 4.69) is 34.0 Å². The highest BCUT2D eigenvalue weighted by molar-refractivity contribution is 14.0. The lowest BCUT2D eigenvalue weighted by Crippen LogP contribution is -2.41. The molecule has 2 heterocycles. The molecule has 6 nitrogen and oxygen atoms in total. The van der Waals surface area contributed by atoms with Gasteiger partial charge < -0.3 is 20.3 Å². The third-order valence-corrected chi connectivity index (χ3v) is 6.64. The molecule has 170 valence electrons. The number of ether oxygens (including phenoxy) is 1. The first-order valence-corrected chi connectivity index (χ1v) is 12.1. The number of fused-ring (bicyclic) bond motifs is 1. The monoisotopic (exact) mass is 548 g/mol. The van der Waals surface area contributed by atoms with Crippen LogP contribution in [0.15, 0.2) is 16.4 Å². The molecule has 0 bridgehead atoms. The summed E-state index contributed by atoms with van der Waals surface area (Å²) in [6, 6.07) is 2.14. The maximum atomic E-state index is 12.5. The molecular weight excluding hydrogens is 511 g/mol. The minimum absolute atomic E-state index is 0. The van der Waals surface area contributed by atoms with E-state index in [1.807, 2.05) is 4.90 Å². The van der Waals surface area contributed by atoms with Gasteiger partial charge in [-0.1, -0.05) is 19.3 Å². The van der Waals surface area contributed by atoms with Gasteiger partial charge in [0.1, 0.15) is 0 Å². The molecule has 30 heavy (non-hydrogen) atoms. The number of carbonyl (C=O) groups is 1. The molecule has 0 atom stereocenters. The van der Waals surface area contributed by atoms with E-state index >= 15 is 0 Å². The maximum absolute atomic E-state index is 12.5. The van der Waals surface area contributed by atoms with E-state index in [-0.39, 0.29) is 29.9 Å². The summed E-state index contributed by atoms with van der Waals surface area (Å²) in [5.74, 6) is 1.00. The van der Waals surface area contributed by atoms with Crippen LogP contribution in [0.4, 0.5) is 0 Å². The first-order chi connectivity index (χ1) is 14.3. The Balaban J connectivity index is 0.00000320. The summed E-state index contributed by atoms with van der Waals surface area (Å²) in [6.07, 6.45) is 9.28. The molecule has 1 saturated carbocycles. The summed E-state index contributed by atoms with van der Waals surface area (Å²) in [5.41, 5.74) is 1.31. The second-order valence-corrected chi connectivity index (χ2v) is 8.86. The van der Waals surface area contributed by atoms with Gasteiger partial charge in [-0.2, -0.15) is 0 Å². The van der Waals surface area contributed by atoms with Crippen molar-refractivity contribution in [2.45, 2.75) is 70.9 Å². The zero-order valence-corrected chi connectivity index (χ0v) is 21.3. The molecule has 3 rings (SSSR count). The van der Waals surface area contributed by atoms with Crippen molar-refractivity contribution >= 4 is 47.2 Å². The average molecular weight is 549 g/mol. The van der Waals surface area contributed by atoms with Crippen molar-refractivity contribution in [3.8, 4) is 0 Å². The van der Waals surface area contributed by atoms with Gasteiger partial charge in [-0.25, -0.2) is 0 Å². The molecule has 0 radical (unpaired) electrons. The van der Waals surface area contributed by atoms with Gasteiger partial charge in [0.2, 0.25) is 5.91 Å². The summed E-state index contributed by atoms with van der Waals surface area (Å²) >= 11 is 1.80. The zero-order chi connectivity index (χ0) is 20.3. The first-order valence-electron chi connectivity index (χ1n) is 11.2. The fraction of sp³-hybridized carbons (Fsp3) is 0.727. The second-order valence-electron chi connectivity index (χ2n) is 7.86. The Hall–Kier alpha value is -0.870. The molecule has 1 aromatic heterocycles. The van der Waals surface area contributed by atoms with E-state index in [1.165, 1.54) is 42.5 Å². The number of nitrogens with one attached hydrogen (secondary N) is 2. The van der Waals surface area contributed by atoms with Crippen molar-refractivity contribution in [2.75, 3.05) is 32.8 Å². The van der Waals surface area contributed by atoms with Crippen LogP contribution in [-0.4, -0.2) is 55.7 Å². The van der Waals surface area contributed by atoms with E-state index in [0.717, 1.165) is 51.6 Å². The molecule has 1 amide bonds. The molecule has 0 unspecified atom stereocenters. The van der Waals surface area contributed by atoms with Crippen LogP contribution in [0, 0.1) is 0 Å². The fourth-order valence-corrected chi connectivity index (χ4v) is 4.88. The third kappa shape index (κ3) is 8.34. The van der Waals surface area contributed by atoms with Crippen molar-refractivity contribution in [1.29, 1.82) is 0 Å². The third-order valence-electron chi connectivity index (χ3n) is 5.61. The van der Waals surface area contributed by atoms with Gasteiger partial charge in [0.15, 0.2) is 5.96 Å². The van der Waals surface area contributed by atoms with E-state index < -0.39 is 0 Å². The highest BCUT2D eigenvalue weighted by Crippen LogP contribution is 2.24. The number of halogens is 1. The zero-order valence-electron chi connectivity index (χ0n) is 18.2. The quantitative estimate of drug-likeness (QED) is 0.213. The number of rotatable bonds is 9. The molecule has 0 saturated heterocycles. The SMILES string of the molecule is CCNC(=NCCCOC1CCCCC1)NCCC(=O)N1CCc2sccc2C1.I. The van der Waals surface area contributed by atoms with E-state index in [9.17, 15) is 4.79 Å². The van der Waals surface area contributed by atoms with Crippen LogP contribution < -0.4 is 10.6 Å². The molecular formula is C22H37IN4O2S. The summed E-state index contributed by atoms with van der Waals surface area (Å²) < 4.78 is 5.96. The molecule has 2 aliphatic rings. The van der Waals surface area contributed by atoms with Gasteiger partial charge in [-0.15, -0.1) is 35.3 Å². The number of nitrogens with zero attached hydrogens (tertiary/aromatic N) is 2. The van der Waals surface area contributed by atoms with Crippen LogP contribution in [0.3, 0.4) is 0 Å². The molecule has 1 aromatic rings. The molecule has 1 aliphatic heterocycles. The average Bonchev–Trinajstić information content (AvgIpc) is 3.22. The van der Waals surface area contributed by atoms with Crippen LogP contribution in [0.1, 0.15) is 62.3 Å². The number of carbonyl (C=O) groups excluding carboxylic acids is 1. The number of amides is 1. The summed E-state index contributed by atoms with van der Waals surface area (Å²) in [6.45, 7) is 6.59. The molecule has 0 spiro atoms. The highest BCUT2D eigenvalue weighted by atomic mass is 127. The van der Waals surface area contributed by atoms with E-state index in [0.29, 0.717) is 19.1 Å². The van der Waals surface area contributed by atoms with Crippen LogP contribution >= 0.6 is 35.3 Å². The van der Waals surface area contributed by atoms with Crippen molar-refractivity contribution < 1.29 is 9.53 Å². The fourth-order valence-electron chi connectivity index (χ4n) is 3.99. The maximum Gasteiger partial charge on any atom is 0.224 e. The Bertz CT molecular complexity index is 661. The van der Waals surface area contributed by atoms with Crippen molar-refractivity contribution in [1.82, 2.24) is 15.5 Å². The van der Waals surface area contributed by atoms with Crippen molar-refractivity contribution in [3.05, 3.63) is 21.9 Å². The van der Waals surface area contributed by atoms with E-state index in [1.54, 1.807) is 11.3 Å². The minimum Gasteiger partial charge on any atom is -0.378 e. The Kier molecular flexibility index (Phi) is 12.1. The molecule has 1 aliphatic carbocycles. The Morgan fingerprint density at radius 1 is 1.30 bits per heavy atom.